The van der Waals surface area contributed by atoms with Gasteiger partial charge in [0.15, 0.2) is 0 Å². The molecule has 1 heterocycles. The van der Waals surface area contributed by atoms with E-state index in [1.54, 1.807) is 12.1 Å². The molecule has 0 spiro atoms. The molecule has 2 rings (SSSR count). The predicted molar refractivity (Wildman–Crippen MR) is 76.4 cm³/mol. The van der Waals surface area contributed by atoms with Gasteiger partial charge in [0.25, 0.3) is 0 Å². The maximum absolute atomic E-state index is 11.3. The van der Waals surface area contributed by atoms with E-state index in [1.807, 2.05) is 12.1 Å². The van der Waals surface area contributed by atoms with Crippen molar-refractivity contribution in [3.8, 4) is 0 Å². The summed E-state index contributed by atoms with van der Waals surface area (Å²) in [5, 5.41) is 9.25. The topological polar surface area (TPSA) is 40.5 Å². The number of rotatable bonds is 5. The SMILES string of the molecule is CCCC1CCCCN1Cc1ccccc1C(=O)O. The first-order valence-electron chi connectivity index (χ1n) is 7.27. The van der Waals surface area contributed by atoms with Crippen LogP contribution in [0.3, 0.4) is 0 Å². The number of carbonyl (C=O) groups is 1. The van der Waals surface area contributed by atoms with Crippen LogP contribution in [0.15, 0.2) is 24.3 Å². The van der Waals surface area contributed by atoms with Gasteiger partial charge >= 0.3 is 5.97 Å². The zero-order chi connectivity index (χ0) is 13.7. The Morgan fingerprint density at radius 3 is 2.89 bits per heavy atom. The maximum Gasteiger partial charge on any atom is 0.336 e. The summed E-state index contributed by atoms with van der Waals surface area (Å²) in [5.41, 5.74) is 1.39. The Morgan fingerprint density at radius 1 is 1.37 bits per heavy atom. The van der Waals surface area contributed by atoms with Gasteiger partial charge in [0, 0.05) is 12.6 Å². The number of hydrogen-bond donors (Lipinski definition) is 1. The van der Waals surface area contributed by atoms with Gasteiger partial charge in [-0.3, -0.25) is 4.90 Å². The summed E-state index contributed by atoms with van der Waals surface area (Å²) in [6.07, 6.45) is 6.21. The summed E-state index contributed by atoms with van der Waals surface area (Å²) in [6.45, 7) is 4.09. The zero-order valence-electron chi connectivity index (χ0n) is 11.6. The summed E-state index contributed by atoms with van der Waals surface area (Å²) >= 11 is 0. The van der Waals surface area contributed by atoms with Crippen LogP contribution in [0.2, 0.25) is 0 Å². The number of benzene rings is 1. The molecule has 3 heteroatoms. The summed E-state index contributed by atoms with van der Waals surface area (Å²) in [7, 11) is 0. The van der Waals surface area contributed by atoms with Gasteiger partial charge in [0.05, 0.1) is 5.56 Å². The van der Waals surface area contributed by atoms with Crippen molar-refractivity contribution < 1.29 is 9.90 Å². The maximum atomic E-state index is 11.3. The first kappa shape index (κ1) is 14.1. The van der Waals surface area contributed by atoms with Crippen molar-refractivity contribution >= 4 is 5.97 Å². The van der Waals surface area contributed by atoms with Crippen LogP contribution in [0, 0.1) is 0 Å². The lowest BCUT2D eigenvalue weighted by Gasteiger charge is -2.36. The normalized spacial score (nSPS) is 20.4. The van der Waals surface area contributed by atoms with Gasteiger partial charge in [-0.2, -0.15) is 0 Å². The molecule has 1 saturated heterocycles. The molecule has 0 aromatic heterocycles. The Labute approximate surface area is 115 Å². The Kier molecular flexibility index (Phi) is 4.97. The minimum atomic E-state index is -0.820. The smallest absolute Gasteiger partial charge is 0.336 e. The highest BCUT2D eigenvalue weighted by molar-refractivity contribution is 5.89. The van der Waals surface area contributed by atoms with Crippen molar-refractivity contribution in [2.75, 3.05) is 6.54 Å². The Morgan fingerprint density at radius 2 is 2.16 bits per heavy atom. The molecule has 1 aromatic rings. The van der Waals surface area contributed by atoms with Crippen LogP contribution in [-0.2, 0) is 6.54 Å². The molecular weight excluding hydrogens is 238 g/mol. The molecule has 104 valence electrons. The van der Waals surface area contributed by atoms with E-state index in [0.29, 0.717) is 11.6 Å². The van der Waals surface area contributed by atoms with Crippen molar-refractivity contribution in [2.24, 2.45) is 0 Å². The highest BCUT2D eigenvalue weighted by Gasteiger charge is 2.22. The Balaban J connectivity index is 2.12. The van der Waals surface area contributed by atoms with E-state index in [4.69, 9.17) is 0 Å². The molecule has 0 radical (unpaired) electrons. The number of piperidine rings is 1. The molecule has 0 amide bonds. The molecule has 0 saturated carbocycles. The molecule has 1 fully saturated rings. The molecule has 1 unspecified atom stereocenters. The largest absolute Gasteiger partial charge is 0.478 e. The van der Waals surface area contributed by atoms with E-state index < -0.39 is 5.97 Å². The Bertz CT molecular complexity index is 429. The van der Waals surface area contributed by atoms with Gasteiger partial charge in [0.1, 0.15) is 0 Å². The minimum Gasteiger partial charge on any atom is -0.478 e. The lowest BCUT2D eigenvalue weighted by molar-refractivity contribution is 0.0691. The summed E-state index contributed by atoms with van der Waals surface area (Å²) in [4.78, 5) is 13.7. The second-order valence-electron chi connectivity index (χ2n) is 5.37. The van der Waals surface area contributed by atoms with E-state index in [2.05, 4.69) is 11.8 Å². The van der Waals surface area contributed by atoms with Crippen LogP contribution in [0.1, 0.15) is 54.9 Å². The number of aromatic carboxylic acids is 1. The average molecular weight is 261 g/mol. The van der Waals surface area contributed by atoms with Crippen LogP contribution in [0.25, 0.3) is 0 Å². The van der Waals surface area contributed by atoms with E-state index in [0.717, 1.165) is 18.7 Å². The second-order valence-corrected chi connectivity index (χ2v) is 5.37. The van der Waals surface area contributed by atoms with Gasteiger partial charge in [-0.25, -0.2) is 4.79 Å². The summed E-state index contributed by atoms with van der Waals surface area (Å²) in [6, 6.07) is 8.01. The van der Waals surface area contributed by atoms with Crippen molar-refractivity contribution in [3.05, 3.63) is 35.4 Å². The monoisotopic (exact) mass is 261 g/mol. The third-order valence-electron chi connectivity index (χ3n) is 3.99. The first-order valence-corrected chi connectivity index (χ1v) is 7.27. The summed E-state index contributed by atoms with van der Waals surface area (Å²) in [5.74, 6) is -0.820. The molecule has 1 aliphatic rings. The zero-order valence-corrected chi connectivity index (χ0v) is 11.6. The molecule has 1 atom stereocenters. The molecular formula is C16H23NO2. The molecule has 1 aliphatic heterocycles. The first-order chi connectivity index (χ1) is 9.22. The quantitative estimate of drug-likeness (QED) is 0.881. The highest BCUT2D eigenvalue weighted by atomic mass is 16.4. The Hall–Kier alpha value is -1.35. The van der Waals surface area contributed by atoms with E-state index in [1.165, 1.54) is 32.1 Å². The standard InChI is InChI=1S/C16H23NO2/c1-2-7-14-9-5-6-11-17(14)12-13-8-3-4-10-15(13)16(18)19/h3-4,8,10,14H,2,5-7,9,11-12H2,1H3,(H,18,19). The van der Waals surface area contributed by atoms with Crippen LogP contribution < -0.4 is 0 Å². The molecule has 3 nitrogen and oxygen atoms in total. The molecule has 19 heavy (non-hydrogen) atoms. The highest BCUT2D eigenvalue weighted by Crippen LogP contribution is 2.24. The van der Waals surface area contributed by atoms with Gasteiger partial charge in [-0.15, -0.1) is 0 Å². The lowest BCUT2D eigenvalue weighted by Crippen LogP contribution is -2.39. The van der Waals surface area contributed by atoms with Gasteiger partial charge in [0.2, 0.25) is 0 Å². The number of carboxylic acids is 1. The van der Waals surface area contributed by atoms with Gasteiger partial charge in [-0.05, 0) is 37.4 Å². The molecule has 1 N–H and O–H groups in total. The van der Waals surface area contributed by atoms with Gasteiger partial charge < -0.3 is 5.11 Å². The van der Waals surface area contributed by atoms with Gasteiger partial charge in [-0.1, -0.05) is 38.0 Å². The molecule has 0 aliphatic carbocycles. The fourth-order valence-corrected chi connectivity index (χ4v) is 3.01. The molecule has 0 bridgehead atoms. The second kappa shape index (κ2) is 6.71. The molecule has 1 aromatic carbocycles. The number of nitrogens with zero attached hydrogens (tertiary/aromatic N) is 1. The average Bonchev–Trinajstić information content (AvgIpc) is 2.42. The van der Waals surface area contributed by atoms with E-state index >= 15 is 0 Å². The number of hydrogen-bond acceptors (Lipinski definition) is 2. The van der Waals surface area contributed by atoms with Crippen molar-refractivity contribution in [1.82, 2.24) is 4.90 Å². The third-order valence-corrected chi connectivity index (χ3v) is 3.99. The summed E-state index contributed by atoms with van der Waals surface area (Å²) < 4.78 is 0. The fraction of sp³-hybridized carbons (Fsp3) is 0.562. The van der Waals surface area contributed by atoms with Crippen molar-refractivity contribution in [3.63, 3.8) is 0 Å². The fourth-order valence-electron chi connectivity index (χ4n) is 3.01. The van der Waals surface area contributed by atoms with E-state index in [9.17, 15) is 9.90 Å². The predicted octanol–water partition coefficient (Wildman–Crippen LogP) is 3.54. The third kappa shape index (κ3) is 3.57. The van der Waals surface area contributed by atoms with Crippen LogP contribution >= 0.6 is 0 Å². The lowest BCUT2D eigenvalue weighted by atomic mass is 9.96. The van der Waals surface area contributed by atoms with Crippen LogP contribution in [0.5, 0.6) is 0 Å². The number of likely N-dealkylation sites (tertiary alicyclic amines) is 1. The van der Waals surface area contributed by atoms with Crippen LogP contribution in [-0.4, -0.2) is 28.6 Å². The van der Waals surface area contributed by atoms with E-state index in [-0.39, 0.29) is 0 Å². The van der Waals surface area contributed by atoms with Crippen molar-refractivity contribution in [1.29, 1.82) is 0 Å². The minimum absolute atomic E-state index is 0.448. The number of carboxylic acid groups (broad SMARTS) is 1. The van der Waals surface area contributed by atoms with Crippen LogP contribution in [0.4, 0.5) is 0 Å². The van der Waals surface area contributed by atoms with Crippen molar-refractivity contribution in [2.45, 2.75) is 51.6 Å².